The Hall–Kier alpha value is -1.31. The average Bonchev–Trinajstić information content (AvgIpc) is 3.14. The molecule has 0 saturated heterocycles. The van der Waals surface area contributed by atoms with E-state index in [1.165, 1.54) is 18.4 Å². The lowest BCUT2D eigenvalue weighted by atomic mass is 10.1. The minimum Gasteiger partial charge on any atom is -0.494 e. The van der Waals surface area contributed by atoms with E-state index in [1.54, 1.807) is 0 Å². The molecule has 0 atom stereocenters. The maximum Gasteiger partial charge on any atom is 0.119 e. The van der Waals surface area contributed by atoms with Gasteiger partial charge < -0.3 is 9.53 Å². The van der Waals surface area contributed by atoms with Gasteiger partial charge in [0, 0.05) is 6.42 Å². The average molecular weight is 218 g/mol. The molecule has 2 nitrogen and oxygen atoms in total. The molecule has 1 aliphatic carbocycles. The lowest BCUT2D eigenvalue weighted by Gasteiger charge is -2.06. The summed E-state index contributed by atoms with van der Waals surface area (Å²) >= 11 is 0. The summed E-state index contributed by atoms with van der Waals surface area (Å²) in [5.41, 5.74) is 1.44. The SMILES string of the molecule is O=CCCCCOc1ccc(C2CC2)cc1. The molecule has 2 rings (SSSR count). The van der Waals surface area contributed by atoms with E-state index in [0.717, 1.165) is 30.8 Å². The number of hydrogen-bond donors (Lipinski definition) is 0. The molecule has 1 aliphatic rings. The number of ether oxygens (including phenoxy) is 1. The highest BCUT2D eigenvalue weighted by Gasteiger charge is 2.22. The van der Waals surface area contributed by atoms with Crippen molar-refractivity contribution in [3.63, 3.8) is 0 Å². The fraction of sp³-hybridized carbons (Fsp3) is 0.500. The summed E-state index contributed by atoms with van der Waals surface area (Å²) in [7, 11) is 0. The van der Waals surface area contributed by atoms with Crippen molar-refractivity contribution in [3.05, 3.63) is 29.8 Å². The minimum absolute atomic E-state index is 0.643. The summed E-state index contributed by atoms with van der Waals surface area (Å²) < 4.78 is 5.59. The Morgan fingerprint density at radius 1 is 1.19 bits per heavy atom. The van der Waals surface area contributed by atoms with E-state index in [0.29, 0.717) is 13.0 Å². The molecule has 2 heteroatoms. The zero-order chi connectivity index (χ0) is 11.2. The number of rotatable bonds is 7. The molecule has 0 unspecified atom stereocenters. The highest BCUT2D eigenvalue weighted by atomic mass is 16.5. The third kappa shape index (κ3) is 3.37. The second kappa shape index (κ2) is 5.69. The molecule has 1 aromatic rings. The fourth-order valence-corrected chi connectivity index (χ4v) is 1.77. The van der Waals surface area contributed by atoms with E-state index < -0.39 is 0 Å². The maximum absolute atomic E-state index is 10.1. The standard InChI is InChI=1S/C14H18O2/c15-10-2-1-3-11-16-14-8-6-13(7-9-14)12-4-5-12/h6-10,12H,1-5,11H2. The van der Waals surface area contributed by atoms with Crippen LogP contribution >= 0.6 is 0 Å². The number of benzene rings is 1. The van der Waals surface area contributed by atoms with Crippen LogP contribution in [0.4, 0.5) is 0 Å². The van der Waals surface area contributed by atoms with E-state index >= 15 is 0 Å². The van der Waals surface area contributed by atoms with Gasteiger partial charge in [0.1, 0.15) is 12.0 Å². The lowest BCUT2D eigenvalue weighted by molar-refractivity contribution is -0.107. The van der Waals surface area contributed by atoms with Gasteiger partial charge in [-0.1, -0.05) is 12.1 Å². The molecule has 0 heterocycles. The Balaban J connectivity index is 1.70. The van der Waals surface area contributed by atoms with Gasteiger partial charge in [-0.25, -0.2) is 0 Å². The largest absolute Gasteiger partial charge is 0.494 e. The molecule has 0 aromatic heterocycles. The van der Waals surface area contributed by atoms with E-state index in [9.17, 15) is 4.79 Å². The van der Waals surface area contributed by atoms with Crippen LogP contribution in [-0.2, 0) is 4.79 Å². The first-order chi connectivity index (χ1) is 7.90. The molecule has 0 amide bonds. The van der Waals surface area contributed by atoms with Crippen LogP contribution in [0.1, 0.15) is 43.6 Å². The predicted molar refractivity (Wildman–Crippen MR) is 63.8 cm³/mol. The topological polar surface area (TPSA) is 26.3 Å². The van der Waals surface area contributed by atoms with E-state index in [4.69, 9.17) is 4.74 Å². The van der Waals surface area contributed by atoms with Crippen LogP contribution < -0.4 is 4.74 Å². The van der Waals surface area contributed by atoms with Gasteiger partial charge in [0.05, 0.1) is 6.61 Å². The van der Waals surface area contributed by atoms with Crippen molar-refractivity contribution in [2.24, 2.45) is 0 Å². The Kier molecular flexibility index (Phi) is 3.97. The molecular weight excluding hydrogens is 200 g/mol. The van der Waals surface area contributed by atoms with Gasteiger partial charge >= 0.3 is 0 Å². The minimum atomic E-state index is 0.643. The van der Waals surface area contributed by atoms with Crippen LogP contribution in [0, 0.1) is 0 Å². The summed E-state index contributed by atoms with van der Waals surface area (Å²) in [4.78, 5) is 10.1. The predicted octanol–water partition coefficient (Wildman–Crippen LogP) is 3.31. The zero-order valence-corrected chi connectivity index (χ0v) is 9.52. The highest BCUT2D eigenvalue weighted by molar-refractivity contribution is 5.48. The molecule has 1 fully saturated rings. The van der Waals surface area contributed by atoms with Crippen molar-refractivity contribution in [1.82, 2.24) is 0 Å². The van der Waals surface area contributed by atoms with Gasteiger partial charge in [0.2, 0.25) is 0 Å². The molecule has 16 heavy (non-hydrogen) atoms. The monoisotopic (exact) mass is 218 g/mol. The van der Waals surface area contributed by atoms with Crippen LogP contribution in [0.15, 0.2) is 24.3 Å². The van der Waals surface area contributed by atoms with Crippen LogP contribution in [0.25, 0.3) is 0 Å². The second-order valence-electron chi connectivity index (χ2n) is 4.35. The summed E-state index contributed by atoms with van der Waals surface area (Å²) in [6, 6.07) is 8.43. The maximum atomic E-state index is 10.1. The third-order valence-electron chi connectivity index (χ3n) is 2.91. The Labute approximate surface area is 96.6 Å². The normalized spacial score (nSPS) is 14.8. The van der Waals surface area contributed by atoms with Crippen LogP contribution in [0.5, 0.6) is 5.75 Å². The number of unbranched alkanes of at least 4 members (excludes halogenated alkanes) is 2. The third-order valence-corrected chi connectivity index (χ3v) is 2.91. The van der Waals surface area contributed by atoms with Crippen LogP contribution in [0.3, 0.4) is 0 Å². The van der Waals surface area contributed by atoms with Crippen molar-refractivity contribution in [3.8, 4) is 5.75 Å². The molecule has 0 N–H and O–H groups in total. The fourth-order valence-electron chi connectivity index (χ4n) is 1.77. The molecule has 0 radical (unpaired) electrons. The van der Waals surface area contributed by atoms with Gasteiger partial charge in [-0.15, -0.1) is 0 Å². The molecule has 0 aliphatic heterocycles. The van der Waals surface area contributed by atoms with Gasteiger partial charge in [-0.2, -0.15) is 0 Å². The molecule has 86 valence electrons. The van der Waals surface area contributed by atoms with Crippen molar-refractivity contribution in [2.75, 3.05) is 6.61 Å². The van der Waals surface area contributed by atoms with Crippen molar-refractivity contribution >= 4 is 6.29 Å². The van der Waals surface area contributed by atoms with Gasteiger partial charge in [0.15, 0.2) is 0 Å². The number of carbonyl (C=O) groups excluding carboxylic acids is 1. The molecule has 0 bridgehead atoms. The molecule has 1 saturated carbocycles. The van der Waals surface area contributed by atoms with Crippen LogP contribution in [0.2, 0.25) is 0 Å². The zero-order valence-electron chi connectivity index (χ0n) is 9.52. The van der Waals surface area contributed by atoms with Crippen LogP contribution in [-0.4, -0.2) is 12.9 Å². The number of aldehydes is 1. The van der Waals surface area contributed by atoms with E-state index in [1.807, 2.05) is 12.1 Å². The summed E-state index contributed by atoms with van der Waals surface area (Å²) in [6.45, 7) is 0.705. The lowest BCUT2D eigenvalue weighted by Crippen LogP contribution is -1.97. The first-order valence-electron chi connectivity index (χ1n) is 6.06. The second-order valence-corrected chi connectivity index (χ2v) is 4.35. The quantitative estimate of drug-likeness (QED) is 0.518. The Morgan fingerprint density at radius 3 is 2.56 bits per heavy atom. The number of carbonyl (C=O) groups is 1. The first kappa shape index (κ1) is 11.2. The van der Waals surface area contributed by atoms with Gasteiger partial charge in [-0.05, 0) is 49.3 Å². The van der Waals surface area contributed by atoms with E-state index in [-0.39, 0.29) is 0 Å². The highest BCUT2D eigenvalue weighted by Crippen LogP contribution is 2.40. The molecule has 1 aromatic carbocycles. The molecule has 0 spiro atoms. The van der Waals surface area contributed by atoms with Gasteiger partial charge in [0.25, 0.3) is 0 Å². The van der Waals surface area contributed by atoms with Crippen molar-refractivity contribution in [2.45, 2.75) is 38.0 Å². The van der Waals surface area contributed by atoms with Crippen molar-refractivity contribution < 1.29 is 9.53 Å². The summed E-state index contributed by atoms with van der Waals surface area (Å²) in [6.07, 6.45) is 6.15. The molecular formula is C14H18O2. The summed E-state index contributed by atoms with van der Waals surface area (Å²) in [5.74, 6) is 1.75. The number of hydrogen-bond acceptors (Lipinski definition) is 2. The van der Waals surface area contributed by atoms with Gasteiger partial charge in [-0.3, -0.25) is 0 Å². The first-order valence-corrected chi connectivity index (χ1v) is 6.06. The van der Waals surface area contributed by atoms with Crippen molar-refractivity contribution in [1.29, 1.82) is 0 Å². The van der Waals surface area contributed by atoms with E-state index in [2.05, 4.69) is 12.1 Å². The smallest absolute Gasteiger partial charge is 0.119 e. The Morgan fingerprint density at radius 2 is 1.94 bits per heavy atom. The summed E-state index contributed by atoms with van der Waals surface area (Å²) in [5, 5.41) is 0. The Bertz CT molecular complexity index is 325.